The number of rotatable bonds is 5. The molecular weight excluding hydrogens is 172 g/mol. The minimum absolute atomic E-state index is 0.301. The molecule has 1 unspecified atom stereocenters. The molecule has 0 bridgehead atoms. The zero-order chi connectivity index (χ0) is 9.68. The molecule has 0 aromatic carbocycles. The van der Waals surface area contributed by atoms with E-state index in [1.807, 2.05) is 0 Å². The van der Waals surface area contributed by atoms with Gasteiger partial charge in [0.05, 0.1) is 6.26 Å². The average molecular weight is 186 g/mol. The molecule has 0 amide bonds. The predicted octanol–water partition coefficient (Wildman–Crippen LogP) is 0.403. The maximum Gasteiger partial charge on any atom is 0.180 e. The molecule has 1 aromatic rings. The van der Waals surface area contributed by atoms with Crippen LogP contribution in [0.5, 0.6) is 0 Å². The lowest BCUT2D eigenvalue weighted by Crippen LogP contribution is -2.38. The minimum atomic E-state index is -0.462. The fourth-order valence-corrected chi connectivity index (χ4v) is 1.13. The largest absolute Gasteiger partial charge is 0.467 e. The van der Waals surface area contributed by atoms with Gasteiger partial charge in [-0.3, -0.25) is 5.84 Å². The molecule has 0 saturated heterocycles. The van der Waals surface area contributed by atoms with Crippen LogP contribution in [0, 0.1) is 0 Å². The standard InChI is InChI=1S/C8H14N2O3/c1-11-8(12-2)7(10-9)6-4-3-5-13-6/h3-5,7-8,10H,9H2,1-2H3. The fraction of sp³-hybridized carbons (Fsp3) is 0.500. The Morgan fingerprint density at radius 2 is 2.15 bits per heavy atom. The van der Waals surface area contributed by atoms with Gasteiger partial charge in [-0.2, -0.15) is 0 Å². The molecule has 0 aliphatic carbocycles. The molecule has 1 rings (SSSR count). The van der Waals surface area contributed by atoms with Crippen LogP contribution in [0.4, 0.5) is 0 Å². The van der Waals surface area contributed by atoms with Gasteiger partial charge in [0.15, 0.2) is 6.29 Å². The third-order valence-electron chi connectivity index (χ3n) is 1.77. The van der Waals surface area contributed by atoms with Crippen molar-refractivity contribution in [1.82, 2.24) is 5.43 Å². The summed E-state index contributed by atoms with van der Waals surface area (Å²) in [6.45, 7) is 0. The molecule has 13 heavy (non-hydrogen) atoms. The molecule has 0 radical (unpaired) electrons. The number of hydrazine groups is 1. The number of methoxy groups -OCH3 is 2. The summed E-state index contributed by atoms with van der Waals surface area (Å²) in [6.07, 6.45) is 1.11. The van der Waals surface area contributed by atoms with Crippen molar-refractivity contribution in [1.29, 1.82) is 0 Å². The van der Waals surface area contributed by atoms with E-state index in [1.165, 1.54) is 0 Å². The van der Waals surface area contributed by atoms with Crippen LogP contribution in [0.1, 0.15) is 11.8 Å². The normalized spacial score (nSPS) is 13.5. The number of furan rings is 1. The van der Waals surface area contributed by atoms with E-state index in [9.17, 15) is 0 Å². The zero-order valence-corrected chi connectivity index (χ0v) is 7.69. The maximum atomic E-state index is 5.35. The van der Waals surface area contributed by atoms with E-state index in [4.69, 9.17) is 19.7 Å². The van der Waals surface area contributed by atoms with Crippen LogP contribution < -0.4 is 11.3 Å². The number of nitrogens with one attached hydrogen (secondary N) is 1. The molecule has 3 N–H and O–H groups in total. The molecule has 5 heteroatoms. The van der Waals surface area contributed by atoms with E-state index >= 15 is 0 Å². The van der Waals surface area contributed by atoms with Gasteiger partial charge in [-0.05, 0) is 12.1 Å². The second-order valence-electron chi connectivity index (χ2n) is 2.50. The Balaban J connectivity index is 2.72. The predicted molar refractivity (Wildman–Crippen MR) is 46.6 cm³/mol. The van der Waals surface area contributed by atoms with E-state index in [-0.39, 0.29) is 6.04 Å². The van der Waals surface area contributed by atoms with Crippen molar-refractivity contribution in [2.75, 3.05) is 14.2 Å². The Kier molecular flexibility index (Phi) is 3.91. The quantitative estimate of drug-likeness (QED) is 0.396. The first-order valence-electron chi connectivity index (χ1n) is 3.88. The highest BCUT2D eigenvalue weighted by Crippen LogP contribution is 2.18. The molecule has 1 heterocycles. The summed E-state index contributed by atoms with van der Waals surface area (Å²) in [6, 6.07) is 3.28. The summed E-state index contributed by atoms with van der Waals surface area (Å²) in [7, 11) is 3.09. The smallest absolute Gasteiger partial charge is 0.180 e. The maximum absolute atomic E-state index is 5.35. The first-order chi connectivity index (χ1) is 6.33. The monoisotopic (exact) mass is 186 g/mol. The Labute approximate surface area is 76.8 Å². The van der Waals surface area contributed by atoms with Crippen molar-refractivity contribution in [3.63, 3.8) is 0 Å². The van der Waals surface area contributed by atoms with Gasteiger partial charge < -0.3 is 13.9 Å². The second kappa shape index (κ2) is 4.98. The van der Waals surface area contributed by atoms with Gasteiger partial charge in [0.25, 0.3) is 0 Å². The second-order valence-corrected chi connectivity index (χ2v) is 2.50. The summed E-state index contributed by atoms with van der Waals surface area (Å²) in [5, 5.41) is 0. The molecular formula is C8H14N2O3. The first kappa shape index (κ1) is 10.2. The third kappa shape index (κ3) is 2.28. The molecule has 0 aliphatic rings. The van der Waals surface area contributed by atoms with Crippen molar-refractivity contribution in [2.45, 2.75) is 12.3 Å². The first-order valence-corrected chi connectivity index (χ1v) is 3.88. The molecule has 0 saturated carbocycles. The van der Waals surface area contributed by atoms with Crippen molar-refractivity contribution in [2.24, 2.45) is 5.84 Å². The lowest BCUT2D eigenvalue weighted by molar-refractivity contribution is -0.127. The number of nitrogens with two attached hydrogens (primary N) is 1. The molecule has 5 nitrogen and oxygen atoms in total. The molecule has 1 aromatic heterocycles. The Bertz CT molecular complexity index is 221. The highest BCUT2D eigenvalue weighted by Gasteiger charge is 2.23. The van der Waals surface area contributed by atoms with Crippen LogP contribution in [-0.4, -0.2) is 20.5 Å². The van der Waals surface area contributed by atoms with E-state index in [0.717, 1.165) is 0 Å². The Morgan fingerprint density at radius 3 is 2.54 bits per heavy atom. The fourth-order valence-electron chi connectivity index (χ4n) is 1.13. The summed E-state index contributed by atoms with van der Waals surface area (Å²) >= 11 is 0. The van der Waals surface area contributed by atoms with Gasteiger partial charge in [0.2, 0.25) is 0 Å². The van der Waals surface area contributed by atoms with Gasteiger partial charge in [0, 0.05) is 14.2 Å². The number of hydrogen-bond donors (Lipinski definition) is 2. The van der Waals surface area contributed by atoms with Gasteiger partial charge in [-0.25, -0.2) is 5.43 Å². The lowest BCUT2D eigenvalue weighted by Gasteiger charge is -2.21. The lowest BCUT2D eigenvalue weighted by atomic mass is 10.2. The summed E-state index contributed by atoms with van der Waals surface area (Å²) < 4.78 is 15.3. The SMILES string of the molecule is COC(OC)C(NN)c1ccco1. The van der Waals surface area contributed by atoms with Crippen LogP contribution in [0.3, 0.4) is 0 Å². The minimum Gasteiger partial charge on any atom is -0.467 e. The van der Waals surface area contributed by atoms with Crippen molar-refractivity contribution >= 4 is 0 Å². The highest BCUT2D eigenvalue weighted by atomic mass is 16.7. The third-order valence-corrected chi connectivity index (χ3v) is 1.77. The van der Waals surface area contributed by atoms with E-state index in [2.05, 4.69) is 5.43 Å². The Hall–Kier alpha value is -0.880. The summed E-state index contributed by atoms with van der Waals surface area (Å²) in [5.41, 5.74) is 2.56. The van der Waals surface area contributed by atoms with Crippen LogP contribution in [0.15, 0.2) is 22.8 Å². The van der Waals surface area contributed by atoms with E-state index in [1.54, 1.807) is 32.6 Å². The van der Waals surface area contributed by atoms with Crippen LogP contribution in [0.2, 0.25) is 0 Å². The van der Waals surface area contributed by atoms with Crippen LogP contribution in [-0.2, 0) is 9.47 Å². The van der Waals surface area contributed by atoms with Crippen molar-refractivity contribution in [3.05, 3.63) is 24.2 Å². The molecule has 0 aliphatic heterocycles. The molecule has 74 valence electrons. The van der Waals surface area contributed by atoms with Crippen molar-refractivity contribution < 1.29 is 13.9 Å². The highest BCUT2D eigenvalue weighted by molar-refractivity contribution is 5.04. The van der Waals surface area contributed by atoms with Gasteiger partial charge in [-0.1, -0.05) is 0 Å². The molecule has 0 fully saturated rings. The molecule has 1 atom stereocenters. The van der Waals surface area contributed by atoms with Gasteiger partial charge in [0.1, 0.15) is 11.8 Å². The van der Waals surface area contributed by atoms with Crippen molar-refractivity contribution in [3.8, 4) is 0 Å². The Morgan fingerprint density at radius 1 is 1.46 bits per heavy atom. The van der Waals surface area contributed by atoms with Gasteiger partial charge in [-0.15, -0.1) is 0 Å². The number of ether oxygens (including phenoxy) is 2. The zero-order valence-electron chi connectivity index (χ0n) is 7.69. The van der Waals surface area contributed by atoms with Crippen LogP contribution in [0.25, 0.3) is 0 Å². The summed E-state index contributed by atoms with van der Waals surface area (Å²) in [5.74, 6) is 6.02. The van der Waals surface area contributed by atoms with Gasteiger partial charge >= 0.3 is 0 Å². The molecule has 0 spiro atoms. The number of hydrogen-bond acceptors (Lipinski definition) is 5. The van der Waals surface area contributed by atoms with E-state index in [0.29, 0.717) is 5.76 Å². The van der Waals surface area contributed by atoms with Crippen LogP contribution >= 0.6 is 0 Å². The van der Waals surface area contributed by atoms with E-state index < -0.39 is 6.29 Å². The topological polar surface area (TPSA) is 69.7 Å². The summed E-state index contributed by atoms with van der Waals surface area (Å²) in [4.78, 5) is 0. The average Bonchev–Trinajstić information content (AvgIpc) is 2.66.